The van der Waals surface area contributed by atoms with E-state index in [9.17, 15) is 9.59 Å². The monoisotopic (exact) mass is 397 g/mol. The summed E-state index contributed by atoms with van der Waals surface area (Å²) in [5.74, 6) is 1.01. The van der Waals surface area contributed by atoms with Crippen molar-refractivity contribution in [3.05, 3.63) is 35.4 Å². The highest BCUT2D eigenvalue weighted by atomic mass is 16.2. The van der Waals surface area contributed by atoms with Gasteiger partial charge in [0.15, 0.2) is 0 Å². The molecule has 2 aliphatic carbocycles. The minimum atomic E-state index is -0.0274. The smallest absolute Gasteiger partial charge is 0.222 e. The molecule has 1 aromatic carbocycles. The van der Waals surface area contributed by atoms with Crippen LogP contribution in [-0.4, -0.2) is 47.4 Å². The van der Waals surface area contributed by atoms with Crippen LogP contribution in [0.15, 0.2) is 24.3 Å². The van der Waals surface area contributed by atoms with Crippen molar-refractivity contribution >= 4 is 11.8 Å². The van der Waals surface area contributed by atoms with Crippen molar-refractivity contribution in [2.45, 2.75) is 82.8 Å². The van der Waals surface area contributed by atoms with Gasteiger partial charge in [0.2, 0.25) is 11.8 Å². The fourth-order valence-electron chi connectivity index (χ4n) is 4.88. The molecule has 3 aliphatic rings. The van der Waals surface area contributed by atoms with Gasteiger partial charge in [0, 0.05) is 44.1 Å². The molecule has 0 unspecified atom stereocenters. The molecule has 1 aromatic rings. The van der Waals surface area contributed by atoms with Crippen LogP contribution in [0.3, 0.4) is 0 Å². The molecule has 2 N–H and O–H groups in total. The van der Waals surface area contributed by atoms with Gasteiger partial charge in [-0.25, -0.2) is 0 Å². The van der Waals surface area contributed by atoms with Crippen LogP contribution in [0.2, 0.25) is 0 Å². The van der Waals surface area contributed by atoms with Gasteiger partial charge in [0.25, 0.3) is 0 Å². The summed E-state index contributed by atoms with van der Waals surface area (Å²) >= 11 is 0. The second kappa shape index (κ2) is 8.47. The van der Waals surface area contributed by atoms with E-state index in [-0.39, 0.29) is 17.4 Å². The van der Waals surface area contributed by atoms with E-state index in [0.717, 1.165) is 44.6 Å². The lowest BCUT2D eigenvalue weighted by molar-refractivity contribution is -0.123. The molecule has 5 heteroatoms. The molecular weight excluding hydrogens is 362 g/mol. The molecular formula is C24H35N3O2. The summed E-state index contributed by atoms with van der Waals surface area (Å²) in [7, 11) is 0. The normalized spacial score (nSPS) is 25.6. The first kappa shape index (κ1) is 20.4. The Bertz CT molecular complexity index is 754. The summed E-state index contributed by atoms with van der Waals surface area (Å²) in [4.78, 5) is 26.8. The van der Waals surface area contributed by atoms with E-state index in [4.69, 9.17) is 0 Å². The summed E-state index contributed by atoms with van der Waals surface area (Å²) in [6.45, 7) is 5.48. The molecule has 2 saturated carbocycles. The van der Waals surface area contributed by atoms with E-state index in [1.54, 1.807) is 6.92 Å². The standard InChI is InChI=1S/C24H35N3O2/c1-17-4-3-5-20(12-17)14-24(10-11-24)26-23(29)13-21-8-9-22(15-25-18(2)28)27(21)16-19-6-7-19/h3-5,12,19,21-22H,6-11,13-16H2,1-2H3,(H,25,28)(H,26,29)/t21-,22+/m0/s1. The lowest BCUT2D eigenvalue weighted by Crippen LogP contribution is -2.46. The van der Waals surface area contributed by atoms with E-state index in [1.807, 2.05) is 0 Å². The van der Waals surface area contributed by atoms with Crippen LogP contribution in [0.4, 0.5) is 0 Å². The van der Waals surface area contributed by atoms with Crippen molar-refractivity contribution in [1.29, 1.82) is 0 Å². The van der Waals surface area contributed by atoms with Crippen LogP contribution < -0.4 is 10.6 Å². The van der Waals surface area contributed by atoms with E-state index in [0.29, 0.717) is 25.0 Å². The summed E-state index contributed by atoms with van der Waals surface area (Å²) in [6.07, 6.45) is 8.40. The number of aryl methyl sites for hydroxylation is 1. The summed E-state index contributed by atoms with van der Waals surface area (Å²) < 4.78 is 0. The molecule has 1 aliphatic heterocycles. The zero-order chi connectivity index (χ0) is 20.4. The maximum atomic E-state index is 12.9. The largest absolute Gasteiger partial charge is 0.355 e. The first-order valence-electron chi connectivity index (χ1n) is 11.3. The van der Waals surface area contributed by atoms with Gasteiger partial charge >= 0.3 is 0 Å². The fourth-order valence-corrected chi connectivity index (χ4v) is 4.88. The average molecular weight is 398 g/mol. The van der Waals surface area contributed by atoms with Crippen LogP contribution in [-0.2, 0) is 16.0 Å². The highest BCUT2D eigenvalue weighted by Gasteiger charge is 2.45. The molecule has 0 radical (unpaired) electrons. The molecule has 0 aromatic heterocycles. The maximum Gasteiger partial charge on any atom is 0.222 e. The lowest BCUT2D eigenvalue weighted by Gasteiger charge is -2.30. The first-order valence-corrected chi connectivity index (χ1v) is 11.3. The van der Waals surface area contributed by atoms with Crippen LogP contribution >= 0.6 is 0 Å². The Labute approximate surface area is 174 Å². The number of hydrogen-bond donors (Lipinski definition) is 2. The topological polar surface area (TPSA) is 61.4 Å². The molecule has 158 valence electrons. The number of benzene rings is 1. The first-order chi connectivity index (χ1) is 13.9. The minimum absolute atomic E-state index is 0.0274. The third kappa shape index (κ3) is 5.59. The molecule has 0 spiro atoms. The van der Waals surface area contributed by atoms with Gasteiger partial charge in [-0.15, -0.1) is 0 Å². The second-order valence-corrected chi connectivity index (χ2v) is 9.66. The van der Waals surface area contributed by atoms with Gasteiger partial charge in [-0.05, 0) is 63.4 Å². The molecule has 0 bridgehead atoms. The summed E-state index contributed by atoms with van der Waals surface area (Å²) in [6, 6.07) is 9.30. The van der Waals surface area contributed by atoms with Gasteiger partial charge in [-0.1, -0.05) is 29.8 Å². The van der Waals surface area contributed by atoms with Gasteiger partial charge in [-0.2, -0.15) is 0 Å². The number of rotatable bonds is 9. The van der Waals surface area contributed by atoms with Crippen LogP contribution in [0.25, 0.3) is 0 Å². The molecule has 3 fully saturated rings. The number of carbonyl (C=O) groups excluding carboxylic acids is 2. The molecule has 1 saturated heterocycles. The second-order valence-electron chi connectivity index (χ2n) is 9.66. The SMILES string of the molecule is CC(=O)NC[C@H]1CC[C@@H](CC(=O)NC2(Cc3cccc(C)c3)CC2)N1CC1CC1. The number of nitrogens with one attached hydrogen (secondary N) is 2. The van der Waals surface area contributed by atoms with Crippen molar-refractivity contribution in [3.63, 3.8) is 0 Å². The van der Waals surface area contributed by atoms with Crippen LogP contribution in [0, 0.1) is 12.8 Å². The lowest BCUT2D eigenvalue weighted by atomic mass is 10.0. The van der Waals surface area contributed by atoms with Crippen molar-refractivity contribution < 1.29 is 9.59 Å². The molecule has 1 heterocycles. The number of hydrogen-bond acceptors (Lipinski definition) is 3. The summed E-state index contributed by atoms with van der Waals surface area (Å²) in [5.41, 5.74) is 2.56. The third-order valence-electron chi connectivity index (χ3n) is 6.83. The Kier molecular flexibility index (Phi) is 5.95. The minimum Gasteiger partial charge on any atom is -0.355 e. The van der Waals surface area contributed by atoms with Crippen molar-refractivity contribution in [1.82, 2.24) is 15.5 Å². The molecule has 4 rings (SSSR count). The molecule has 2 atom stereocenters. The molecule has 2 amide bonds. The van der Waals surface area contributed by atoms with Crippen molar-refractivity contribution in [3.8, 4) is 0 Å². The van der Waals surface area contributed by atoms with Gasteiger partial charge in [0.1, 0.15) is 0 Å². The number of carbonyl (C=O) groups is 2. The number of amides is 2. The number of nitrogens with zero attached hydrogens (tertiary/aromatic N) is 1. The third-order valence-corrected chi connectivity index (χ3v) is 6.83. The van der Waals surface area contributed by atoms with Crippen molar-refractivity contribution in [2.24, 2.45) is 5.92 Å². The Morgan fingerprint density at radius 1 is 1.14 bits per heavy atom. The Morgan fingerprint density at radius 3 is 2.55 bits per heavy atom. The zero-order valence-electron chi connectivity index (χ0n) is 17.9. The van der Waals surface area contributed by atoms with Gasteiger partial charge in [-0.3, -0.25) is 14.5 Å². The van der Waals surface area contributed by atoms with E-state index in [1.165, 1.54) is 24.0 Å². The molecule has 29 heavy (non-hydrogen) atoms. The van der Waals surface area contributed by atoms with Gasteiger partial charge in [0.05, 0.1) is 0 Å². The van der Waals surface area contributed by atoms with Gasteiger partial charge < -0.3 is 10.6 Å². The van der Waals surface area contributed by atoms with Crippen LogP contribution in [0.5, 0.6) is 0 Å². The maximum absolute atomic E-state index is 12.9. The summed E-state index contributed by atoms with van der Waals surface area (Å²) in [5, 5.41) is 6.37. The highest BCUT2D eigenvalue weighted by Crippen LogP contribution is 2.39. The van der Waals surface area contributed by atoms with E-state index >= 15 is 0 Å². The highest BCUT2D eigenvalue weighted by molar-refractivity contribution is 5.78. The van der Waals surface area contributed by atoms with E-state index in [2.05, 4.69) is 46.7 Å². The Morgan fingerprint density at radius 2 is 1.90 bits per heavy atom. The quantitative estimate of drug-likeness (QED) is 0.673. The van der Waals surface area contributed by atoms with Crippen LogP contribution in [0.1, 0.15) is 63.0 Å². The predicted octanol–water partition coefficient (Wildman–Crippen LogP) is 2.96. The number of likely N-dealkylation sites (tertiary alicyclic amines) is 1. The average Bonchev–Trinajstić information content (AvgIpc) is 3.56. The Hall–Kier alpha value is -1.88. The fraction of sp³-hybridized carbons (Fsp3) is 0.667. The van der Waals surface area contributed by atoms with Crippen molar-refractivity contribution in [2.75, 3.05) is 13.1 Å². The van der Waals surface area contributed by atoms with E-state index < -0.39 is 0 Å². The molecule has 5 nitrogen and oxygen atoms in total. The zero-order valence-corrected chi connectivity index (χ0v) is 17.9. The Balaban J connectivity index is 1.32. The predicted molar refractivity (Wildman–Crippen MR) is 115 cm³/mol.